The van der Waals surface area contributed by atoms with E-state index >= 15 is 0 Å². The van der Waals surface area contributed by atoms with Gasteiger partial charge in [0, 0.05) is 34.4 Å². The van der Waals surface area contributed by atoms with E-state index in [0.29, 0.717) is 28.6 Å². The Hall–Kier alpha value is -3.83. The molecule has 5 aromatic rings. The lowest BCUT2D eigenvalue weighted by atomic mass is 10.0. The quantitative estimate of drug-likeness (QED) is 0.292. The second-order valence-electron chi connectivity index (χ2n) is 7.87. The number of rotatable bonds is 6. The molecule has 0 saturated carbocycles. The van der Waals surface area contributed by atoms with Gasteiger partial charge >= 0.3 is 0 Å². The number of aromatic nitrogens is 3. The predicted octanol–water partition coefficient (Wildman–Crippen LogP) is 6.08. The molecule has 0 aliphatic heterocycles. The maximum atomic E-state index is 13.7. The van der Waals surface area contributed by atoms with E-state index in [2.05, 4.69) is 9.67 Å². The monoisotopic (exact) mass is 455 g/mol. The van der Waals surface area contributed by atoms with Gasteiger partial charge in [-0.05, 0) is 61.0 Å². The highest BCUT2D eigenvalue weighted by atomic mass is 35.5. The Morgan fingerprint density at radius 2 is 1.76 bits per heavy atom. The Morgan fingerprint density at radius 1 is 1.00 bits per heavy atom. The second-order valence-corrected chi connectivity index (χ2v) is 8.30. The van der Waals surface area contributed by atoms with Crippen LogP contribution in [0.3, 0.4) is 0 Å². The largest absolute Gasteiger partial charge is 0.497 e. The minimum Gasteiger partial charge on any atom is -0.497 e. The minimum atomic E-state index is -0.115. The van der Waals surface area contributed by atoms with Crippen molar-refractivity contribution in [1.82, 2.24) is 14.3 Å². The molecule has 0 amide bonds. The van der Waals surface area contributed by atoms with E-state index < -0.39 is 0 Å². The summed E-state index contributed by atoms with van der Waals surface area (Å²) in [5.74, 6) is 0.588. The number of nitrogens with zero attached hydrogens (tertiary/aromatic N) is 3. The van der Waals surface area contributed by atoms with Crippen LogP contribution in [0.4, 0.5) is 0 Å². The first-order valence-electron chi connectivity index (χ1n) is 10.6. The molecule has 0 fully saturated rings. The van der Waals surface area contributed by atoms with Gasteiger partial charge in [0.2, 0.25) is 5.78 Å². The van der Waals surface area contributed by atoms with Crippen LogP contribution in [0.15, 0.2) is 85.1 Å². The lowest BCUT2D eigenvalue weighted by Crippen LogP contribution is -2.07. The van der Waals surface area contributed by atoms with Crippen LogP contribution in [0.2, 0.25) is 5.02 Å². The third-order valence-corrected chi connectivity index (χ3v) is 6.11. The molecule has 6 heteroatoms. The molecule has 0 saturated heterocycles. The van der Waals surface area contributed by atoms with Gasteiger partial charge in [0.05, 0.1) is 18.4 Å². The standard InChI is InChI=1S/C27H22ClN3O2/c1-18-26(27(32)24-14-15-31(29-24)21-6-4-3-5-7-21)23-16-22(33-2)12-13-25(23)30(18)17-19-8-10-20(28)11-9-19/h3-16H,17H2,1-2H3. The number of fused-ring (bicyclic) bond motifs is 1. The number of hydrogen-bond acceptors (Lipinski definition) is 3. The van der Waals surface area contributed by atoms with Crippen LogP contribution >= 0.6 is 11.6 Å². The SMILES string of the molecule is COc1ccc2c(c1)c(C(=O)c1ccn(-c3ccccc3)n1)c(C)n2Cc1ccc(Cl)cc1. The third-order valence-electron chi connectivity index (χ3n) is 5.85. The molecule has 164 valence electrons. The molecule has 0 radical (unpaired) electrons. The van der Waals surface area contributed by atoms with Gasteiger partial charge in [-0.25, -0.2) is 4.68 Å². The van der Waals surface area contributed by atoms with Crippen LogP contribution in [-0.4, -0.2) is 27.2 Å². The van der Waals surface area contributed by atoms with Crippen molar-refractivity contribution >= 4 is 28.3 Å². The van der Waals surface area contributed by atoms with Gasteiger partial charge in [-0.15, -0.1) is 0 Å². The van der Waals surface area contributed by atoms with Crippen LogP contribution in [0, 0.1) is 6.92 Å². The molecule has 5 rings (SSSR count). The Morgan fingerprint density at radius 3 is 2.48 bits per heavy atom. The normalized spacial score (nSPS) is 11.1. The molecule has 0 aliphatic rings. The molecule has 0 aliphatic carbocycles. The summed E-state index contributed by atoms with van der Waals surface area (Å²) in [7, 11) is 1.63. The molecular weight excluding hydrogens is 434 g/mol. The van der Waals surface area contributed by atoms with Gasteiger partial charge in [-0.2, -0.15) is 5.10 Å². The van der Waals surface area contributed by atoms with Crippen LogP contribution in [0.25, 0.3) is 16.6 Å². The number of para-hydroxylation sites is 1. The number of methoxy groups -OCH3 is 1. The highest BCUT2D eigenvalue weighted by molar-refractivity contribution is 6.30. The number of benzene rings is 3. The summed E-state index contributed by atoms with van der Waals surface area (Å²) < 4.78 is 9.32. The van der Waals surface area contributed by atoms with Crippen molar-refractivity contribution < 1.29 is 9.53 Å². The van der Waals surface area contributed by atoms with Crippen molar-refractivity contribution in [2.45, 2.75) is 13.5 Å². The molecule has 33 heavy (non-hydrogen) atoms. The number of hydrogen-bond donors (Lipinski definition) is 0. The first-order chi connectivity index (χ1) is 16.0. The van der Waals surface area contributed by atoms with Crippen molar-refractivity contribution in [2.24, 2.45) is 0 Å². The minimum absolute atomic E-state index is 0.115. The van der Waals surface area contributed by atoms with E-state index in [1.807, 2.05) is 85.9 Å². The molecule has 2 aromatic heterocycles. The Kier molecular flexibility index (Phi) is 5.48. The molecule has 0 unspecified atom stereocenters. The number of carbonyl (C=O) groups is 1. The molecular formula is C27H22ClN3O2. The van der Waals surface area contributed by atoms with Gasteiger partial charge < -0.3 is 9.30 Å². The second kappa shape index (κ2) is 8.60. The maximum absolute atomic E-state index is 13.7. The molecule has 2 heterocycles. The van der Waals surface area contributed by atoms with Gasteiger partial charge in [-0.3, -0.25) is 4.79 Å². The first-order valence-corrected chi connectivity index (χ1v) is 11.0. The molecule has 0 spiro atoms. The molecule has 0 bridgehead atoms. The Balaban J connectivity index is 1.61. The number of ether oxygens (including phenoxy) is 1. The Labute approximate surface area is 196 Å². The van der Waals surface area contributed by atoms with Gasteiger partial charge in [0.25, 0.3) is 0 Å². The molecule has 0 atom stereocenters. The lowest BCUT2D eigenvalue weighted by Gasteiger charge is -2.09. The van der Waals surface area contributed by atoms with Crippen molar-refractivity contribution in [2.75, 3.05) is 7.11 Å². The molecule has 5 nitrogen and oxygen atoms in total. The Bertz CT molecular complexity index is 1450. The van der Waals surface area contributed by atoms with Gasteiger partial charge in [0.15, 0.2) is 0 Å². The summed E-state index contributed by atoms with van der Waals surface area (Å²) in [6.07, 6.45) is 1.81. The zero-order valence-corrected chi connectivity index (χ0v) is 19.1. The topological polar surface area (TPSA) is 49.1 Å². The van der Waals surface area contributed by atoms with Crippen LogP contribution in [0.1, 0.15) is 27.3 Å². The summed E-state index contributed by atoms with van der Waals surface area (Å²) in [5, 5.41) is 6.11. The van der Waals surface area contributed by atoms with Crippen molar-refractivity contribution in [3.8, 4) is 11.4 Å². The molecule has 3 aromatic carbocycles. The molecule has 0 N–H and O–H groups in total. The van der Waals surface area contributed by atoms with E-state index in [0.717, 1.165) is 27.8 Å². The summed E-state index contributed by atoms with van der Waals surface area (Å²) in [6.45, 7) is 2.60. The first kappa shape index (κ1) is 21.0. The van der Waals surface area contributed by atoms with E-state index in [4.69, 9.17) is 16.3 Å². The number of halogens is 1. The fraction of sp³-hybridized carbons (Fsp3) is 0.111. The zero-order chi connectivity index (χ0) is 22.9. The van der Waals surface area contributed by atoms with Crippen LogP contribution < -0.4 is 4.74 Å². The van der Waals surface area contributed by atoms with Crippen LogP contribution in [0.5, 0.6) is 5.75 Å². The fourth-order valence-corrected chi connectivity index (χ4v) is 4.27. The lowest BCUT2D eigenvalue weighted by molar-refractivity contribution is 0.103. The maximum Gasteiger partial charge on any atom is 0.215 e. The van der Waals surface area contributed by atoms with Crippen molar-refractivity contribution in [3.05, 3.63) is 113 Å². The highest BCUT2D eigenvalue weighted by Crippen LogP contribution is 2.32. The smallest absolute Gasteiger partial charge is 0.215 e. The van der Waals surface area contributed by atoms with Crippen molar-refractivity contribution in [1.29, 1.82) is 0 Å². The predicted molar refractivity (Wildman–Crippen MR) is 131 cm³/mol. The zero-order valence-electron chi connectivity index (χ0n) is 18.3. The summed E-state index contributed by atoms with van der Waals surface area (Å²) in [5.41, 5.74) is 4.88. The highest BCUT2D eigenvalue weighted by Gasteiger charge is 2.23. The summed E-state index contributed by atoms with van der Waals surface area (Å²) >= 11 is 6.06. The fourth-order valence-electron chi connectivity index (χ4n) is 4.15. The summed E-state index contributed by atoms with van der Waals surface area (Å²) in [6, 6.07) is 25.1. The van der Waals surface area contributed by atoms with Gasteiger partial charge in [0.1, 0.15) is 11.4 Å². The average Bonchev–Trinajstić information content (AvgIpc) is 3.44. The average molecular weight is 456 g/mol. The van der Waals surface area contributed by atoms with E-state index in [9.17, 15) is 4.79 Å². The van der Waals surface area contributed by atoms with E-state index in [-0.39, 0.29) is 5.78 Å². The summed E-state index contributed by atoms with van der Waals surface area (Å²) in [4.78, 5) is 13.7. The van der Waals surface area contributed by atoms with Crippen molar-refractivity contribution in [3.63, 3.8) is 0 Å². The third kappa shape index (κ3) is 3.92. The number of carbonyl (C=O) groups excluding carboxylic acids is 1. The van der Waals surface area contributed by atoms with Gasteiger partial charge in [-0.1, -0.05) is 41.9 Å². The van der Waals surface area contributed by atoms with E-state index in [1.54, 1.807) is 17.9 Å². The number of ketones is 1. The van der Waals surface area contributed by atoms with E-state index in [1.165, 1.54) is 0 Å². The van der Waals surface area contributed by atoms with Crippen LogP contribution in [-0.2, 0) is 6.54 Å².